The number of halogens is 4. The van der Waals surface area contributed by atoms with Gasteiger partial charge in [-0.05, 0) is 125 Å². The Bertz CT molecular complexity index is 2730. The lowest BCUT2D eigenvalue weighted by molar-refractivity contribution is 0.593. The minimum atomic E-state index is 0.241. The number of rotatable bonds is 7. The van der Waals surface area contributed by atoms with Crippen molar-refractivity contribution in [1.82, 2.24) is 29.9 Å². The van der Waals surface area contributed by atoms with Gasteiger partial charge in [0.2, 0.25) is 17.8 Å². The molecule has 1 unspecified atom stereocenters. The summed E-state index contributed by atoms with van der Waals surface area (Å²) in [6, 6.07) is 39.3. The summed E-state index contributed by atoms with van der Waals surface area (Å²) < 4.78 is 0. The third-order valence-electron chi connectivity index (χ3n) is 15.7. The Morgan fingerprint density at radius 1 is 0.338 bits per heavy atom. The van der Waals surface area contributed by atoms with Gasteiger partial charge in [0, 0.05) is 75.0 Å². The largest absolute Gasteiger partial charge is 0.368 e. The Morgan fingerprint density at radius 3 is 0.887 bits per heavy atom. The number of benzene rings is 4. The molecule has 0 radical (unpaired) electrons. The molecule has 1 aliphatic carbocycles. The molecule has 4 aliphatic rings. The van der Waals surface area contributed by atoms with Crippen LogP contribution in [0.5, 0.6) is 0 Å². The van der Waals surface area contributed by atoms with E-state index in [-0.39, 0.29) is 18.1 Å². The monoisotopic (exact) mass is 1160 g/mol. The average molecular weight is 1160 g/mol. The maximum atomic E-state index is 6.44. The van der Waals surface area contributed by atoms with Crippen LogP contribution in [0, 0.1) is 20.8 Å². The maximum absolute atomic E-state index is 6.44. The number of nitrogens with two attached hydrogens (primary N) is 3. The van der Waals surface area contributed by atoms with Gasteiger partial charge in [0.15, 0.2) is 0 Å². The van der Waals surface area contributed by atoms with Crippen LogP contribution in [0.15, 0.2) is 115 Å². The number of nitrogens with zero attached hydrogens (tertiary/aromatic N) is 9. The summed E-state index contributed by atoms with van der Waals surface area (Å²) in [6.45, 7) is 8.74. The molecule has 11 rings (SSSR count). The molecule has 0 bridgehead atoms. The smallest absolute Gasteiger partial charge is 0.222 e. The molecule has 80 heavy (non-hydrogen) atoms. The minimum absolute atomic E-state index is 0.241. The fourth-order valence-electron chi connectivity index (χ4n) is 11.9. The molecule has 424 valence electrons. The molecule has 3 aliphatic heterocycles. The van der Waals surface area contributed by atoms with Crippen molar-refractivity contribution >= 4 is 81.7 Å². The molecule has 7 aromatic rings. The number of hydrogen-bond acceptors (Lipinski definition) is 12. The van der Waals surface area contributed by atoms with Crippen molar-refractivity contribution in [2.75, 3.05) is 51.5 Å². The van der Waals surface area contributed by atoms with Gasteiger partial charge in [-0.3, -0.25) is 0 Å². The molecule has 3 atom stereocenters. The molecular formula is C64H80Cl4N12. The zero-order valence-corrected chi connectivity index (χ0v) is 49.9. The van der Waals surface area contributed by atoms with Crippen LogP contribution < -0.4 is 31.9 Å². The summed E-state index contributed by atoms with van der Waals surface area (Å²) in [5.74, 6) is 4.41. The second-order valence-corrected chi connectivity index (χ2v) is 23.3. The summed E-state index contributed by atoms with van der Waals surface area (Å²) in [5.41, 5.74) is 25.1. The van der Waals surface area contributed by atoms with E-state index in [1.807, 2.05) is 106 Å². The SMILES string of the molecule is Cc1cc(N2CCCCCC2c2ccccc2Cl)nc(N)n1.Cc1cc(N2CCCCC[C@@H]2c2ccccc2Cl)nc(N)n1.Cc1cc(N2CCCCC[C@H]2c2ccccc2Cl)nc(N)n1.Clc1ccccc1C1CCCCCC1. The molecule has 0 amide bonds. The highest BCUT2D eigenvalue weighted by atomic mass is 35.5. The van der Waals surface area contributed by atoms with Crippen LogP contribution in [-0.2, 0) is 0 Å². The van der Waals surface area contributed by atoms with Gasteiger partial charge < -0.3 is 31.9 Å². The number of aryl methyl sites for hydroxylation is 3. The summed E-state index contributed by atoms with van der Waals surface area (Å²) >= 11 is 25.5. The van der Waals surface area contributed by atoms with Gasteiger partial charge >= 0.3 is 0 Å². The van der Waals surface area contributed by atoms with E-state index in [2.05, 4.69) is 74.9 Å². The standard InChI is InChI=1S/3C17H21ClN4.C13H17Cl/c3*1-12-11-16(21-17(19)20-12)22-10-6-2-3-9-15(22)13-7-4-5-8-14(13)18;14-13-10-6-5-9-12(13)11-7-3-1-2-4-8-11/h3*4-5,7-8,11,15H,2-3,6,9-10H2,1H3,(H2,19,20,21);5-6,9-11H,1-4,7-8H2/t2*15-;;/m10../s1. The normalized spacial score (nSPS) is 19.0. The number of anilines is 6. The van der Waals surface area contributed by atoms with Gasteiger partial charge in [0.1, 0.15) is 17.5 Å². The number of nitrogen functional groups attached to an aromatic ring is 3. The fraction of sp³-hybridized carbons (Fsp3) is 0.438. The van der Waals surface area contributed by atoms with Crippen molar-refractivity contribution in [3.8, 4) is 0 Å². The van der Waals surface area contributed by atoms with Crippen molar-refractivity contribution in [2.45, 2.75) is 160 Å². The van der Waals surface area contributed by atoms with Crippen LogP contribution in [0.4, 0.5) is 35.3 Å². The van der Waals surface area contributed by atoms with Gasteiger partial charge in [-0.1, -0.05) is 183 Å². The molecule has 0 spiro atoms. The lowest BCUT2D eigenvalue weighted by Crippen LogP contribution is -2.29. The molecule has 12 nitrogen and oxygen atoms in total. The predicted octanol–water partition coefficient (Wildman–Crippen LogP) is 17.2. The first-order chi connectivity index (χ1) is 38.8. The first-order valence-electron chi connectivity index (χ1n) is 28.9. The fourth-order valence-corrected chi connectivity index (χ4v) is 13.0. The Kier molecular flexibility index (Phi) is 22.7. The quantitative estimate of drug-likeness (QED) is 0.130. The van der Waals surface area contributed by atoms with E-state index >= 15 is 0 Å². The lowest BCUT2D eigenvalue weighted by Gasteiger charge is -2.32. The molecule has 3 aromatic heterocycles. The highest BCUT2D eigenvalue weighted by molar-refractivity contribution is 6.32. The van der Waals surface area contributed by atoms with Crippen molar-refractivity contribution in [3.05, 3.63) is 175 Å². The topological polar surface area (TPSA) is 165 Å². The van der Waals surface area contributed by atoms with E-state index in [0.29, 0.717) is 23.8 Å². The average Bonchev–Trinajstić information content (AvgIpc) is 4.05. The van der Waals surface area contributed by atoms with Gasteiger partial charge in [-0.25, -0.2) is 15.0 Å². The summed E-state index contributed by atoms with van der Waals surface area (Å²) in [5, 5.41) is 3.41. The van der Waals surface area contributed by atoms with Crippen LogP contribution in [0.2, 0.25) is 20.1 Å². The molecule has 6 heterocycles. The van der Waals surface area contributed by atoms with Gasteiger partial charge in [0.25, 0.3) is 0 Å². The molecule has 4 fully saturated rings. The molecule has 16 heteroatoms. The van der Waals surface area contributed by atoms with Crippen LogP contribution in [0.25, 0.3) is 0 Å². The van der Waals surface area contributed by atoms with Crippen molar-refractivity contribution in [3.63, 3.8) is 0 Å². The summed E-state index contributed by atoms with van der Waals surface area (Å²) in [4.78, 5) is 32.9. The highest BCUT2D eigenvalue weighted by Gasteiger charge is 2.29. The van der Waals surface area contributed by atoms with E-state index < -0.39 is 0 Å². The number of aromatic nitrogens is 6. The third-order valence-corrected chi connectivity index (χ3v) is 17.1. The minimum Gasteiger partial charge on any atom is -0.368 e. The molecule has 4 aromatic carbocycles. The van der Waals surface area contributed by atoms with Crippen LogP contribution in [0.1, 0.15) is 179 Å². The second kappa shape index (κ2) is 30.2. The zero-order chi connectivity index (χ0) is 56.4. The summed E-state index contributed by atoms with van der Waals surface area (Å²) in [7, 11) is 0. The lowest BCUT2D eigenvalue weighted by atomic mass is 9.92. The highest BCUT2D eigenvalue weighted by Crippen LogP contribution is 2.40. The predicted molar refractivity (Wildman–Crippen MR) is 335 cm³/mol. The summed E-state index contributed by atoms with van der Waals surface area (Å²) in [6.07, 6.45) is 22.2. The van der Waals surface area contributed by atoms with Crippen LogP contribution in [0.3, 0.4) is 0 Å². The van der Waals surface area contributed by atoms with E-state index in [4.69, 9.17) is 63.6 Å². The third kappa shape index (κ3) is 16.8. The molecule has 3 saturated heterocycles. The van der Waals surface area contributed by atoms with E-state index in [1.54, 1.807) is 0 Å². The Labute approximate surface area is 495 Å². The first-order valence-corrected chi connectivity index (χ1v) is 30.4. The van der Waals surface area contributed by atoms with Crippen molar-refractivity contribution in [2.24, 2.45) is 0 Å². The van der Waals surface area contributed by atoms with E-state index in [1.165, 1.54) is 99.3 Å². The number of hydrogen-bond donors (Lipinski definition) is 3. The van der Waals surface area contributed by atoms with Crippen molar-refractivity contribution in [1.29, 1.82) is 0 Å². The Balaban J connectivity index is 0.000000142. The van der Waals surface area contributed by atoms with Gasteiger partial charge in [-0.2, -0.15) is 15.0 Å². The molecular weight excluding hydrogens is 1080 g/mol. The molecule has 6 N–H and O–H groups in total. The van der Waals surface area contributed by atoms with Crippen LogP contribution >= 0.6 is 46.4 Å². The van der Waals surface area contributed by atoms with E-state index in [0.717, 1.165) is 113 Å². The molecule has 1 saturated carbocycles. The van der Waals surface area contributed by atoms with Crippen molar-refractivity contribution < 1.29 is 0 Å². The maximum Gasteiger partial charge on any atom is 0.222 e. The van der Waals surface area contributed by atoms with E-state index in [9.17, 15) is 0 Å². The van der Waals surface area contributed by atoms with Gasteiger partial charge in [0.05, 0.1) is 18.1 Å². The van der Waals surface area contributed by atoms with Gasteiger partial charge in [-0.15, -0.1) is 0 Å². The van der Waals surface area contributed by atoms with Crippen LogP contribution in [-0.4, -0.2) is 49.5 Å². The first kappa shape index (κ1) is 60.2. The zero-order valence-electron chi connectivity index (χ0n) is 46.9. The second-order valence-electron chi connectivity index (χ2n) is 21.6. The Morgan fingerprint density at radius 2 is 0.600 bits per heavy atom. The Hall–Kier alpha value is -5.92.